The Bertz CT molecular complexity index is 640. The molecular formula is C13H13BrFNO2. The minimum atomic E-state index is -1.02. The van der Waals surface area contributed by atoms with Gasteiger partial charge in [-0.15, -0.1) is 0 Å². The summed E-state index contributed by atoms with van der Waals surface area (Å²) in [6.07, 6.45) is 0. The molecule has 0 amide bonds. The summed E-state index contributed by atoms with van der Waals surface area (Å²) in [5.41, 5.74) is 0.290. The Morgan fingerprint density at radius 1 is 1.33 bits per heavy atom. The molecule has 1 N–H and O–H groups in total. The van der Waals surface area contributed by atoms with Gasteiger partial charge in [0.2, 0.25) is 0 Å². The number of carbonyl (C=O) groups is 1. The van der Waals surface area contributed by atoms with Crippen molar-refractivity contribution in [1.29, 1.82) is 0 Å². The number of rotatable bonds is 1. The largest absolute Gasteiger partial charge is 0.477 e. The summed E-state index contributed by atoms with van der Waals surface area (Å²) in [5, 5.41) is 9.96. The molecule has 1 aromatic heterocycles. The smallest absolute Gasteiger partial charge is 0.352 e. The van der Waals surface area contributed by atoms with Crippen molar-refractivity contribution in [3.05, 3.63) is 34.2 Å². The molecular weight excluding hydrogens is 301 g/mol. The van der Waals surface area contributed by atoms with Gasteiger partial charge in [0.05, 0.1) is 5.52 Å². The molecule has 0 atom stereocenters. The van der Waals surface area contributed by atoms with Crippen molar-refractivity contribution in [3.63, 3.8) is 0 Å². The van der Waals surface area contributed by atoms with Crippen LogP contribution < -0.4 is 0 Å². The average Bonchev–Trinajstić information content (AvgIpc) is 2.56. The molecule has 2 rings (SSSR count). The predicted octanol–water partition coefficient (Wildman–Crippen LogP) is 4.00. The van der Waals surface area contributed by atoms with Crippen LogP contribution in [0.3, 0.4) is 0 Å². The molecule has 96 valence electrons. The van der Waals surface area contributed by atoms with Crippen LogP contribution in [0.2, 0.25) is 0 Å². The number of hydrogen-bond donors (Lipinski definition) is 1. The van der Waals surface area contributed by atoms with Gasteiger partial charge in [0.15, 0.2) is 0 Å². The second kappa shape index (κ2) is 4.09. The van der Waals surface area contributed by atoms with Crippen molar-refractivity contribution in [2.75, 3.05) is 0 Å². The molecule has 1 aromatic carbocycles. The van der Waals surface area contributed by atoms with E-state index in [1.165, 1.54) is 12.1 Å². The summed E-state index contributed by atoms with van der Waals surface area (Å²) in [7, 11) is 0. The van der Waals surface area contributed by atoms with Gasteiger partial charge >= 0.3 is 5.97 Å². The third-order valence-electron chi connectivity index (χ3n) is 2.73. The van der Waals surface area contributed by atoms with Crippen molar-refractivity contribution >= 4 is 32.8 Å². The van der Waals surface area contributed by atoms with Gasteiger partial charge in [-0.2, -0.15) is 0 Å². The van der Waals surface area contributed by atoms with Crippen molar-refractivity contribution in [2.45, 2.75) is 26.3 Å². The first kappa shape index (κ1) is 13.1. The van der Waals surface area contributed by atoms with Crippen LogP contribution in [0.25, 0.3) is 10.9 Å². The molecule has 0 saturated carbocycles. The average molecular weight is 314 g/mol. The topological polar surface area (TPSA) is 42.2 Å². The zero-order valence-electron chi connectivity index (χ0n) is 10.3. The molecule has 0 aliphatic heterocycles. The minimum absolute atomic E-state index is 0.156. The van der Waals surface area contributed by atoms with Crippen molar-refractivity contribution < 1.29 is 14.3 Å². The highest BCUT2D eigenvalue weighted by atomic mass is 79.9. The van der Waals surface area contributed by atoms with Gasteiger partial charge in [0.25, 0.3) is 0 Å². The first-order valence-corrected chi connectivity index (χ1v) is 6.25. The summed E-state index contributed by atoms with van der Waals surface area (Å²) in [4.78, 5) is 11.3. The van der Waals surface area contributed by atoms with Gasteiger partial charge in [-0.25, -0.2) is 9.18 Å². The Balaban J connectivity index is 2.95. The Kier molecular flexibility index (Phi) is 2.97. The lowest BCUT2D eigenvalue weighted by Gasteiger charge is -2.24. The SMILES string of the molecule is CC(C)(C)n1c(C(=O)O)cc2c(Br)cc(F)cc21. The quantitative estimate of drug-likeness (QED) is 0.864. The number of halogens is 2. The number of hydrogen-bond acceptors (Lipinski definition) is 1. The van der Waals surface area contributed by atoms with E-state index in [2.05, 4.69) is 15.9 Å². The zero-order chi connectivity index (χ0) is 13.7. The number of aromatic nitrogens is 1. The van der Waals surface area contributed by atoms with E-state index < -0.39 is 17.3 Å². The van der Waals surface area contributed by atoms with E-state index in [-0.39, 0.29) is 5.69 Å². The summed E-state index contributed by atoms with van der Waals surface area (Å²) in [5.74, 6) is -1.41. The van der Waals surface area contributed by atoms with Crippen LogP contribution in [0.5, 0.6) is 0 Å². The van der Waals surface area contributed by atoms with Gasteiger partial charge in [0.1, 0.15) is 11.5 Å². The molecule has 0 aliphatic carbocycles. The number of carboxylic acid groups (broad SMARTS) is 1. The van der Waals surface area contributed by atoms with E-state index in [4.69, 9.17) is 0 Å². The second-order valence-electron chi connectivity index (χ2n) is 5.16. The summed E-state index contributed by atoms with van der Waals surface area (Å²) in [6, 6.07) is 4.26. The summed E-state index contributed by atoms with van der Waals surface area (Å²) < 4.78 is 15.7. The van der Waals surface area contributed by atoms with Gasteiger partial charge < -0.3 is 9.67 Å². The summed E-state index contributed by atoms with van der Waals surface area (Å²) >= 11 is 3.26. The van der Waals surface area contributed by atoms with Gasteiger partial charge in [-0.1, -0.05) is 0 Å². The molecule has 0 aliphatic rings. The Morgan fingerprint density at radius 2 is 1.94 bits per heavy atom. The first-order chi connectivity index (χ1) is 8.21. The Hall–Kier alpha value is -1.36. The van der Waals surface area contributed by atoms with Crippen LogP contribution in [-0.4, -0.2) is 15.6 Å². The number of aromatic carboxylic acids is 1. The van der Waals surface area contributed by atoms with E-state index in [0.29, 0.717) is 15.4 Å². The fourth-order valence-electron chi connectivity index (χ4n) is 2.11. The monoisotopic (exact) mass is 313 g/mol. The van der Waals surface area contributed by atoms with Crippen LogP contribution in [0, 0.1) is 5.82 Å². The maximum absolute atomic E-state index is 13.5. The highest BCUT2D eigenvalue weighted by Crippen LogP contribution is 2.32. The van der Waals surface area contributed by atoms with E-state index in [1.807, 2.05) is 20.8 Å². The first-order valence-electron chi connectivity index (χ1n) is 5.46. The predicted molar refractivity (Wildman–Crippen MR) is 71.6 cm³/mol. The third kappa shape index (κ3) is 2.03. The number of benzene rings is 1. The molecule has 0 saturated heterocycles. The number of nitrogens with zero attached hydrogens (tertiary/aromatic N) is 1. The fraction of sp³-hybridized carbons (Fsp3) is 0.308. The molecule has 2 aromatic rings. The lowest BCUT2D eigenvalue weighted by molar-refractivity contribution is 0.0679. The maximum atomic E-state index is 13.5. The van der Waals surface area contributed by atoms with Gasteiger partial charge in [-0.3, -0.25) is 0 Å². The van der Waals surface area contributed by atoms with Crippen LogP contribution in [0.1, 0.15) is 31.3 Å². The minimum Gasteiger partial charge on any atom is -0.477 e. The Morgan fingerprint density at radius 3 is 2.44 bits per heavy atom. The van der Waals surface area contributed by atoms with Crippen molar-refractivity contribution in [3.8, 4) is 0 Å². The highest BCUT2D eigenvalue weighted by Gasteiger charge is 2.24. The van der Waals surface area contributed by atoms with Crippen molar-refractivity contribution in [1.82, 2.24) is 4.57 Å². The van der Waals surface area contributed by atoms with Gasteiger partial charge in [-0.05, 0) is 54.9 Å². The second-order valence-corrected chi connectivity index (χ2v) is 6.02. The molecule has 3 nitrogen and oxygen atoms in total. The lowest BCUT2D eigenvalue weighted by Crippen LogP contribution is -2.25. The van der Waals surface area contributed by atoms with Crippen molar-refractivity contribution in [2.24, 2.45) is 0 Å². The Labute approximate surface area is 112 Å². The molecule has 5 heteroatoms. The van der Waals surface area contributed by atoms with Crippen LogP contribution in [-0.2, 0) is 5.54 Å². The molecule has 0 unspecified atom stereocenters. The molecule has 0 fully saturated rings. The van der Waals surface area contributed by atoms with E-state index in [1.54, 1.807) is 10.6 Å². The molecule has 1 heterocycles. The molecule has 18 heavy (non-hydrogen) atoms. The molecule has 0 spiro atoms. The normalized spacial score (nSPS) is 12.1. The number of fused-ring (bicyclic) bond motifs is 1. The third-order valence-corrected chi connectivity index (χ3v) is 3.38. The molecule has 0 radical (unpaired) electrons. The standard InChI is InChI=1S/C13H13BrFNO2/c1-13(2,3)16-10-5-7(15)4-9(14)8(10)6-11(16)12(17)18/h4-6H,1-3H3,(H,17,18). The lowest BCUT2D eigenvalue weighted by atomic mass is 10.1. The summed E-state index contributed by atoms with van der Waals surface area (Å²) in [6.45, 7) is 5.66. The number of carboxylic acids is 1. The molecule has 0 bridgehead atoms. The van der Waals surface area contributed by atoms with Gasteiger partial charge in [0, 0.05) is 15.4 Å². The maximum Gasteiger partial charge on any atom is 0.352 e. The zero-order valence-corrected chi connectivity index (χ0v) is 11.9. The van der Waals surface area contributed by atoms with E-state index in [0.717, 1.165) is 0 Å². The highest BCUT2D eigenvalue weighted by molar-refractivity contribution is 9.10. The van der Waals surface area contributed by atoms with Crippen LogP contribution >= 0.6 is 15.9 Å². The van der Waals surface area contributed by atoms with E-state index >= 15 is 0 Å². The van der Waals surface area contributed by atoms with Crippen LogP contribution in [0.15, 0.2) is 22.7 Å². The fourth-order valence-corrected chi connectivity index (χ4v) is 2.65. The van der Waals surface area contributed by atoms with Crippen LogP contribution in [0.4, 0.5) is 4.39 Å². The van der Waals surface area contributed by atoms with E-state index in [9.17, 15) is 14.3 Å².